The van der Waals surface area contributed by atoms with E-state index in [0.29, 0.717) is 24.0 Å². The molecule has 2 rings (SSSR count). The summed E-state index contributed by atoms with van der Waals surface area (Å²) in [7, 11) is -4.46. The molecule has 234 valence electrons. The van der Waals surface area contributed by atoms with E-state index in [1.54, 1.807) is 27.0 Å². The van der Waals surface area contributed by atoms with Crippen molar-refractivity contribution in [3.05, 3.63) is 0 Å². The third kappa shape index (κ3) is 21.7. The normalized spacial score (nSPS) is 26.1. The van der Waals surface area contributed by atoms with Crippen molar-refractivity contribution in [1.82, 2.24) is 10.6 Å². The van der Waals surface area contributed by atoms with Gasteiger partial charge in [-0.2, -0.15) is 26.4 Å². The summed E-state index contributed by atoms with van der Waals surface area (Å²) in [4.78, 5) is 23.3. The zero-order valence-corrected chi connectivity index (χ0v) is 30.9. The average Bonchev–Trinajstić information content (AvgIpc) is 3.27. The van der Waals surface area contributed by atoms with Crippen LogP contribution in [0.3, 0.4) is 0 Å². The Morgan fingerprint density at radius 3 is 1.60 bits per heavy atom. The molecule has 2 N–H and O–H groups in total. The van der Waals surface area contributed by atoms with E-state index in [1.807, 2.05) is 39.5 Å². The van der Waals surface area contributed by atoms with Gasteiger partial charge in [-0.25, -0.2) is 9.59 Å². The first-order valence-corrected chi connectivity index (χ1v) is 16.8. The molecule has 14 heteroatoms. The second kappa shape index (κ2) is 20.9. The minimum atomic E-state index is -3.46. The van der Waals surface area contributed by atoms with E-state index in [1.165, 1.54) is 6.42 Å². The SMILES string of the molecule is CS[C@H]1C[C@@H](C)[C@H](NC(=O)OC(C)(C)C)C1.C[C@@H]1C[C@@H](OS(C)(=O)=O)C[C@H]1NC(=O)OC(C)(C)C.C[S-].[2H]CF.[Na+]. The molecule has 0 aliphatic heterocycles. The van der Waals surface area contributed by atoms with Gasteiger partial charge in [-0.15, -0.1) is 0 Å². The second-order valence-electron chi connectivity index (χ2n) is 11.7. The summed E-state index contributed by atoms with van der Waals surface area (Å²) in [6.45, 7) is 15.2. The van der Waals surface area contributed by atoms with E-state index < -0.39 is 34.6 Å². The molecule has 2 aliphatic rings. The molecule has 40 heavy (non-hydrogen) atoms. The fourth-order valence-corrected chi connectivity index (χ4v) is 5.77. The number of thioether (sulfide) groups is 1. The predicted octanol–water partition coefficient (Wildman–Crippen LogP) is 2.45. The van der Waals surface area contributed by atoms with Crippen LogP contribution in [0.2, 0.25) is 0 Å². The minimum Gasteiger partial charge on any atom is -0.796 e. The Hall–Kier alpha value is 0.0800. The molecule has 2 saturated carbocycles. The molecule has 0 spiro atoms. The van der Waals surface area contributed by atoms with Gasteiger partial charge in [-0.05, 0) is 85.3 Å². The topological polar surface area (TPSA) is 120 Å². The van der Waals surface area contributed by atoms with Gasteiger partial charge in [0.2, 0.25) is 0 Å². The number of hydrogen-bond donors (Lipinski definition) is 2. The standard InChI is InChI=1S/C12H23NO5S.C12H23NO2S.CH3F.CH4S.Na/c1-8-6-9(18-19(5,15)16)7-10(8)13-11(14)17-12(2,3)4;1-8-6-9(16-5)7-10(8)13-11(14)15-12(2,3)4;2*1-2;/h8-10H,6-7H2,1-5H3,(H,13,14);8-10H,6-7H2,1-5H3,(H,13,14);1H3;2H,1H3;/q;;;;+1/p-1/t8-,9-,10-;8-,9+,10-;;;/m11.../s1/i;;1D;;. The molecule has 0 aromatic rings. The van der Waals surface area contributed by atoms with Gasteiger partial charge in [-0.3, -0.25) is 8.57 Å². The molecule has 2 fully saturated rings. The van der Waals surface area contributed by atoms with Crippen LogP contribution in [0.15, 0.2) is 0 Å². The summed E-state index contributed by atoms with van der Waals surface area (Å²) in [6.07, 6.45) is 6.93. The molecular formula is C26H52FN2NaO7S3. The number of rotatable bonds is 5. The van der Waals surface area contributed by atoms with Crippen molar-refractivity contribution < 1.29 is 67.0 Å². The molecule has 2 amide bonds. The molecular weight excluding hydrogens is 590 g/mol. The van der Waals surface area contributed by atoms with Crippen molar-refractivity contribution in [1.29, 1.82) is 0 Å². The van der Waals surface area contributed by atoms with Crippen LogP contribution in [-0.2, 0) is 36.4 Å². The van der Waals surface area contributed by atoms with Gasteiger partial charge in [0.05, 0.1) is 20.9 Å². The Kier molecular flexibility index (Phi) is 22.0. The maximum atomic E-state index is 11.7. The monoisotopic (exact) mass is 643 g/mol. The van der Waals surface area contributed by atoms with Crippen LogP contribution >= 0.6 is 11.8 Å². The maximum Gasteiger partial charge on any atom is 1.00 e. The summed E-state index contributed by atoms with van der Waals surface area (Å²) < 4.78 is 53.0. The van der Waals surface area contributed by atoms with E-state index in [0.717, 1.165) is 12.7 Å². The van der Waals surface area contributed by atoms with Crippen LogP contribution < -0.4 is 40.2 Å². The van der Waals surface area contributed by atoms with Gasteiger partial charge in [0.25, 0.3) is 10.1 Å². The molecule has 0 bridgehead atoms. The number of amides is 2. The third-order valence-electron chi connectivity index (χ3n) is 5.73. The summed E-state index contributed by atoms with van der Waals surface area (Å²) in [6, 6.07) is 0.147. The summed E-state index contributed by atoms with van der Waals surface area (Å²) in [5, 5.41) is 6.42. The van der Waals surface area contributed by atoms with Gasteiger partial charge < -0.3 is 32.7 Å². The van der Waals surface area contributed by atoms with Crippen molar-refractivity contribution in [2.45, 2.75) is 116 Å². The Bertz CT molecular complexity index is 846. The summed E-state index contributed by atoms with van der Waals surface area (Å²) in [5.41, 5.74) is -0.959. The summed E-state index contributed by atoms with van der Waals surface area (Å²) in [5.74, 6) is 0.698. The van der Waals surface area contributed by atoms with Crippen LogP contribution in [0, 0.1) is 11.8 Å². The molecule has 9 nitrogen and oxygen atoms in total. The Labute approximate surface area is 276 Å². The van der Waals surface area contributed by atoms with E-state index in [-0.39, 0.29) is 59.8 Å². The van der Waals surface area contributed by atoms with Gasteiger partial charge in [0, 0.05) is 17.3 Å². The summed E-state index contributed by atoms with van der Waals surface area (Å²) >= 11 is 5.97. The van der Waals surface area contributed by atoms with E-state index in [4.69, 9.17) is 15.0 Å². The Morgan fingerprint density at radius 2 is 1.27 bits per heavy atom. The first kappa shape index (κ1) is 42.2. The number of halogens is 1. The second-order valence-corrected chi connectivity index (χ2v) is 14.4. The van der Waals surface area contributed by atoms with Gasteiger partial charge in [-0.1, -0.05) is 13.8 Å². The van der Waals surface area contributed by atoms with Crippen LogP contribution in [0.4, 0.5) is 14.0 Å². The number of carbonyl (C=O) groups is 2. The fraction of sp³-hybridized carbons (Fsp3) is 0.923. The number of ether oxygens (including phenoxy) is 2. The first-order valence-electron chi connectivity index (χ1n) is 13.6. The maximum absolute atomic E-state index is 11.7. The Balaban J connectivity index is -0.000000601. The Morgan fingerprint density at radius 1 is 0.900 bits per heavy atom. The van der Waals surface area contributed by atoms with E-state index in [2.05, 4.69) is 36.4 Å². The van der Waals surface area contributed by atoms with Crippen LogP contribution in [0.1, 0.15) is 82.4 Å². The number of alkyl carbamates (subject to hydrolysis) is 2. The van der Waals surface area contributed by atoms with Crippen molar-refractivity contribution >= 4 is 46.7 Å². The van der Waals surface area contributed by atoms with Crippen LogP contribution in [-0.4, -0.2) is 81.2 Å². The van der Waals surface area contributed by atoms with Gasteiger partial charge in [0.1, 0.15) is 11.2 Å². The zero-order chi connectivity index (χ0) is 31.9. The van der Waals surface area contributed by atoms with Crippen molar-refractivity contribution in [3.63, 3.8) is 0 Å². The molecule has 0 saturated heterocycles. The van der Waals surface area contributed by atoms with Gasteiger partial charge in [0.15, 0.2) is 0 Å². The average molecular weight is 644 g/mol. The molecule has 0 unspecified atom stereocenters. The largest absolute Gasteiger partial charge is 1.00 e. The van der Waals surface area contributed by atoms with Gasteiger partial charge >= 0.3 is 41.7 Å². The van der Waals surface area contributed by atoms with E-state index in [9.17, 15) is 22.4 Å². The molecule has 0 heterocycles. The molecule has 6 atom stereocenters. The molecule has 2 aliphatic carbocycles. The quantitative estimate of drug-likeness (QED) is 0.265. The first-order chi connectivity index (χ1) is 18.2. The number of alkyl halides is 1. The zero-order valence-electron chi connectivity index (χ0n) is 27.5. The van der Waals surface area contributed by atoms with E-state index >= 15 is 0 Å². The third-order valence-corrected chi connectivity index (χ3v) is 7.40. The van der Waals surface area contributed by atoms with Crippen molar-refractivity contribution in [2.75, 3.05) is 25.9 Å². The molecule has 0 aromatic carbocycles. The van der Waals surface area contributed by atoms with Crippen LogP contribution in [0.5, 0.6) is 0 Å². The number of carbonyl (C=O) groups excluding carboxylic acids is 2. The molecule has 0 radical (unpaired) electrons. The minimum absolute atomic E-state index is 0. The van der Waals surface area contributed by atoms with Crippen LogP contribution in [0.25, 0.3) is 0 Å². The van der Waals surface area contributed by atoms with Crippen molar-refractivity contribution in [3.8, 4) is 0 Å². The molecule has 0 aromatic heterocycles. The number of nitrogens with one attached hydrogen (secondary N) is 2. The number of hydrogen-bond acceptors (Lipinski definition) is 9. The smallest absolute Gasteiger partial charge is 0.796 e. The van der Waals surface area contributed by atoms with Crippen molar-refractivity contribution in [2.24, 2.45) is 11.8 Å². The fourth-order valence-electron chi connectivity index (χ4n) is 4.22. The predicted molar refractivity (Wildman–Crippen MR) is 160 cm³/mol.